The van der Waals surface area contributed by atoms with Crippen LogP contribution in [0.1, 0.15) is 10.6 Å². The van der Waals surface area contributed by atoms with Gasteiger partial charge in [-0.05, 0) is 6.08 Å². The molecule has 0 saturated carbocycles. The summed E-state index contributed by atoms with van der Waals surface area (Å²) in [5.74, 6) is 0. The molecular weight excluding hydrogens is 271 g/mol. The molecule has 0 radical (unpaired) electrons. The highest BCUT2D eigenvalue weighted by molar-refractivity contribution is 14.0. The third-order valence-corrected chi connectivity index (χ3v) is 2.39. The molecule has 1 aromatic rings. The van der Waals surface area contributed by atoms with Gasteiger partial charge in [0.05, 0.1) is 22.6 Å². The van der Waals surface area contributed by atoms with E-state index < -0.39 is 0 Å². The number of thiazole rings is 1. The van der Waals surface area contributed by atoms with Gasteiger partial charge in [-0.25, -0.2) is 4.98 Å². The molecular formula is C7H9IN2S. The summed E-state index contributed by atoms with van der Waals surface area (Å²) in [5.41, 5.74) is 3.10. The third-order valence-electron chi connectivity index (χ3n) is 1.55. The standard InChI is InChI=1S/C7H8N2S.HI/c1-9-3-2-7-6(4-9)8-5-10-7;/h2-3,5H,4H2,1H3;1H. The van der Waals surface area contributed by atoms with Crippen molar-refractivity contribution in [2.75, 3.05) is 7.05 Å². The van der Waals surface area contributed by atoms with Crippen LogP contribution in [0.2, 0.25) is 0 Å². The Morgan fingerprint density at radius 3 is 3.27 bits per heavy atom. The van der Waals surface area contributed by atoms with Crippen molar-refractivity contribution in [1.29, 1.82) is 0 Å². The fourth-order valence-electron chi connectivity index (χ4n) is 1.02. The molecule has 0 saturated heterocycles. The Labute approximate surface area is 87.0 Å². The van der Waals surface area contributed by atoms with E-state index in [0.29, 0.717) is 0 Å². The number of halogens is 1. The van der Waals surface area contributed by atoms with Gasteiger partial charge in [0.15, 0.2) is 0 Å². The number of hydrogen-bond donors (Lipinski definition) is 0. The zero-order valence-electron chi connectivity index (χ0n) is 6.15. The molecule has 1 aromatic heterocycles. The van der Waals surface area contributed by atoms with Gasteiger partial charge in [-0.15, -0.1) is 35.3 Å². The summed E-state index contributed by atoms with van der Waals surface area (Å²) in [4.78, 5) is 7.66. The molecule has 4 heteroatoms. The zero-order valence-corrected chi connectivity index (χ0v) is 9.30. The first-order valence-corrected chi connectivity index (χ1v) is 4.05. The second-order valence-electron chi connectivity index (χ2n) is 2.39. The maximum absolute atomic E-state index is 4.23. The minimum atomic E-state index is 0. The third kappa shape index (κ3) is 1.73. The van der Waals surface area contributed by atoms with E-state index in [4.69, 9.17) is 0 Å². The summed E-state index contributed by atoms with van der Waals surface area (Å²) in [6.45, 7) is 0.954. The fourth-order valence-corrected chi connectivity index (χ4v) is 1.70. The Bertz CT molecular complexity index is 269. The first-order valence-electron chi connectivity index (χ1n) is 3.17. The highest BCUT2D eigenvalue weighted by atomic mass is 127. The van der Waals surface area contributed by atoms with Crippen LogP contribution in [-0.4, -0.2) is 16.9 Å². The zero-order chi connectivity index (χ0) is 6.97. The Kier molecular flexibility index (Phi) is 2.89. The van der Waals surface area contributed by atoms with Crippen LogP contribution in [0.5, 0.6) is 0 Å². The quantitative estimate of drug-likeness (QED) is 0.677. The molecule has 1 aliphatic rings. The lowest BCUT2D eigenvalue weighted by Crippen LogP contribution is -2.13. The summed E-state index contributed by atoms with van der Waals surface area (Å²) in [6.07, 6.45) is 4.19. The predicted molar refractivity (Wildman–Crippen MR) is 58.0 cm³/mol. The van der Waals surface area contributed by atoms with Crippen molar-refractivity contribution in [1.82, 2.24) is 9.88 Å². The average molecular weight is 280 g/mol. The highest BCUT2D eigenvalue weighted by Crippen LogP contribution is 2.20. The maximum atomic E-state index is 4.23. The number of hydrogen-bond acceptors (Lipinski definition) is 3. The monoisotopic (exact) mass is 280 g/mol. The van der Waals surface area contributed by atoms with Crippen molar-refractivity contribution >= 4 is 41.4 Å². The molecule has 0 amide bonds. The van der Waals surface area contributed by atoms with Gasteiger partial charge in [-0.1, -0.05) is 0 Å². The van der Waals surface area contributed by atoms with Gasteiger partial charge < -0.3 is 4.90 Å². The Balaban J connectivity index is 0.000000605. The molecule has 60 valence electrons. The van der Waals surface area contributed by atoms with Crippen LogP contribution < -0.4 is 0 Å². The second-order valence-corrected chi connectivity index (χ2v) is 3.28. The molecule has 0 bridgehead atoms. The van der Waals surface area contributed by atoms with Crippen LogP contribution in [0, 0.1) is 0 Å². The first kappa shape index (κ1) is 8.99. The van der Waals surface area contributed by atoms with E-state index in [1.165, 1.54) is 10.6 Å². The van der Waals surface area contributed by atoms with Gasteiger partial charge in [0.2, 0.25) is 0 Å². The molecule has 2 rings (SSSR count). The van der Waals surface area contributed by atoms with E-state index in [1.807, 2.05) is 5.51 Å². The van der Waals surface area contributed by atoms with E-state index in [2.05, 4.69) is 29.2 Å². The summed E-state index contributed by atoms with van der Waals surface area (Å²) in [6, 6.07) is 0. The number of fused-ring (bicyclic) bond motifs is 1. The Morgan fingerprint density at radius 1 is 1.64 bits per heavy atom. The molecule has 0 unspecified atom stereocenters. The summed E-state index contributed by atoms with van der Waals surface area (Å²) in [5, 5.41) is 0. The van der Waals surface area contributed by atoms with Crippen molar-refractivity contribution in [2.24, 2.45) is 0 Å². The van der Waals surface area contributed by atoms with Gasteiger partial charge in [0, 0.05) is 13.2 Å². The Hall–Kier alpha value is -0.100. The smallest absolute Gasteiger partial charge is 0.0802 e. The minimum Gasteiger partial charge on any atom is -0.374 e. The number of aromatic nitrogens is 1. The van der Waals surface area contributed by atoms with Crippen LogP contribution in [0.25, 0.3) is 6.08 Å². The van der Waals surface area contributed by atoms with E-state index in [1.54, 1.807) is 11.3 Å². The molecule has 0 aromatic carbocycles. The van der Waals surface area contributed by atoms with Crippen molar-refractivity contribution in [3.8, 4) is 0 Å². The molecule has 0 atom stereocenters. The van der Waals surface area contributed by atoms with Crippen LogP contribution in [-0.2, 0) is 6.54 Å². The lowest BCUT2D eigenvalue weighted by molar-refractivity contribution is 0.442. The molecule has 2 nitrogen and oxygen atoms in total. The highest BCUT2D eigenvalue weighted by Gasteiger charge is 2.08. The SMILES string of the molecule is CN1C=Cc2scnc2C1.I. The predicted octanol–water partition coefficient (Wildman–Crippen LogP) is 2.18. The molecule has 11 heavy (non-hydrogen) atoms. The van der Waals surface area contributed by atoms with Crippen molar-refractivity contribution in [3.63, 3.8) is 0 Å². The van der Waals surface area contributed by atoms with Crippen LogP contribution in [0.15, 0.2) is 11.7 Å². The average Bonchev–Trinajstić information content (AvgIpc) is 2.33. The van der Waals surface area contributed by atoms with E-state index in [9.17, 15) is 0 Å². The topological polar surface area (TPSA) is 16.1 Å². The normalized spacial score (nSPS) is 14.1. The van der Waals surface area contributed by atoms with E-state index in [-0.39, 0.29) is 24.0 Å². The molecule has 0 N–H and O–H groups in total. The lowest BCUT2D eigenvalue weighted by Gasteiger charge is -2.16. The fraction of sp³-hybridized carbons (Fsp3) is 0.286. The van der Waals surface area contributed by atoms with E-state index >= 15 is 0 Å². The van der Waals surface area contributed by atoms with Crippen molar-refractivity contribution in [3.05, 3.63) is 22.3 Å². The van der Waals surface area contributed by atoms with Crippen LogP contribution in [0.4, 0.5) is 0 Å². The van der Waals surface area contributed by atoms with Gasteiger partial charge >= 0.3 is 0 Å². The first-order chi connectivity index (χ1) is 4.86. The summed E-state index contributed by atoms with van der Waals surface area (Å²) >= 11 is 1.70. The van der Waals surface area contributed by atoms with Gasteiger partial charge in [-0.3, -0.25) is 0 Å². The number of nitrogens with zero attached hydrogens (tertiary/aromatic N) is 2. The molecule has 0 spiro atoms. The summed E-state index contributed by atoms with van der Waals surface area (Å²) < 4.78 is 0. The van der Waals surface area contributed by atoms with Crippen LogP contribution in [0.3, 0.4) is 0 Å². The van der Waals surface area contributed by atoms with E-state index in [0.717, 1.165) is 6.54 Å². The molecule has 0 aliphatic carbocycles. The van der Waals surface area contributed by atoms with Gasteiger partial charge in [0.25, 0.3) is 0 Å². The molecule has 2 heterocycles. The number of rotatable bonds is 0. The van der Waals surface area contributed by atoms with Crippen molar-refractivity contribution in [2.45, 2.75) is 6.54 Å². The maximum Gasteiger partial charge on any atom is 0.0802 e. The minimum absolute atomic E-state index is 0. The summed E-state index contributed by atoms with van der Waals surface area (Å²) in [7, 11) is 2.05. The molecule has 0 fully saturated rings. The van der Waals surface area contributed by atoms with Gasteiger partial charge in [0.1, 0.15) is 0 Å². The van der Waals surface area contributed by atoms with Gasteiger partial charge in [-0.2, -0.15) is 0 Å². The molecule has 1 aliphatic heterocycles. The largest absolute Gasteiger partial charge is 0.374 e. The van der Waals surface area contributed by atoms with Crippen molar-refractivity contribution < 1.29 is 0 Å². The second kappa shape index (κ2) is 3.53. The Morgan fingerprint density at radius 2 is 2.45 bits per heavy atom. The van der Waals surface area contributed by atoms with Crippen LogP contribution >= 0.6 is 35.3 Å². The lowest BCUT2D eigenvalue weighted by atomic mass is 10.3.